The van der Waals surface area contributed by atoms with Gasteiger partial charge in [0.2, 0.25) is 11.8 Å². The number of carbonyl (C=O) groups excluding carboxylic acids is 2. The van der Waals surface area contributed by atoms with Crippen LogP contribution in [-0.4, -0.2) is 50.9 Å². The molecule has 1 aliphatic carbocycles. The summed E-state index contributed by atoms with van der Waals surface area (Å²) in [6.45, 7) is 3.18. The molecule has 1 fully saturated rings. The molecule has 4 rings (SSSR count). The fraction of sp³-hybridized carbons (Fsp3) is 0.375. The van der Waals surface area contributed by atoms with E-state index >= 15 is 0 Å². The Balaban J connectivity index is 1.67. The van der Waals surface area contributed by atoms with Crippen molar-refractivity contribution in [3.63, 3.8) is 0 Å². The minimum absolute atomic E-state index is 0.0820. The van der Waals surface area contributed by atoms with Gasteiger partial charge >= 0.3 is 0 Å². The predicted octanol–water partition coefficient (Wildman–Crippen LogP) is 5.07. The molecule has 3 aromatic carbocycles. The van der Waals surface area contributed by atoms with Gasteiger partial charge in [-0.15, -0.1) is 0 Å². The number of benzene rings is 3. The summed E-state index contributed by atoms with van der Waals surface area (Å²) in [7, 11) is -2.51. The van der Waals surface area contributed by atoms with Gasteiger partial charge in [-0.25, -0.2) is 8.42 Å². The molecule has 1 atom stereocenters. The van der Waals surface area contributed by atoms with E-state index in [4.69, 9.17) is 4.74 Å². The second-order valence-corrected chi connectivity index (χ2v) is 12.4. The van der Waals surface area contributed by atoms with Crippen LogP contribution in [-0.2, 0) is 26.2 Å². The Morgan fingerprint density at radius 2 is 1.56 bits per heavy atom. The molecule has 0 bridgehead atoms. The Morgan fingerprint density at radius 1 is 0.927 bits per heavy atom. The van der Waals surface area contributed by atoms with Crippen LogP contribution in [0.3, 0.4) is 0 Å². The molecular weight excluding hydrogens is 538 g/mol. The van der Waals surface area contributed by atoms with Crippen molar-refractivity contribution >= 4 is 27.5 Å². The number of ether oxygens (including phenoxy) is 1. The zero-order chi connectivity index (χ0) is 29.4. The smallest absolute Gasteiger partial charge is 0.264 e. The van der Waals surface area contributed by atoms with Gasteiger partial charge < -0.3 is 15.0 Å². The molecule has 0 saturated heterocycles. The lowest BCUT2D eigenvalue weighted by Crippen LogP contribution is -2.53. The van der Waals surface area contributed by atoms with E-state index in [9.17, 15) is 18.0 Å². The summed E-state index contributed by atoms with van der Waals surface area (Å²) < 4.78 is 34.2. The average molecular weight is 578 g/mol. The Kier molecular flexibility index (Phi) is 10.0. The summed E-state index contributed by atoms with van der Waals surface area (Å²) in [5.41, 5.74) is 1.92. The van der Waals surface area contributed by atoms with E-state index in [-0.39, 0.29) is 23.4 Å². The van der Waals surface area contributed by atoms with E-state index in [1.807, 2.05) is 31.2 Å². The third kappa shape index (κ3) is 7.47. The molecule has 1 N–H and O–H groups in total. The second-order valence-electron chi connectivity index (χ2n) is 10.5. The van der Waals surface area contributed by atoms with E-state index in [1.54, 1.807) is 56.5 Å². The molecule has 1 saturated carbocycles. The van der Waals surface area contributed by atoms with Gasteiger partial charge in [-0.05, 0) is 68.1 Å². The number of amides is 2. The van der Waals surface area contributed by atoms with E-state index in [0.717, 1.165) is 42.0 Å². The highest BCUT2D eigenvalue weighted by atomic mass is 32.2. The summed E-state index contributed by atoms with van der Waals surface area (Å²) in [5, 5.41) is 3.12. The third-order valence-electron chi connectivity index (χ3n) is 7.63. The summed E-state index contributed by atoms with van der Waals surface area (Å²) in [4.78, 5) is 29.1. The quantitative estimate of drug-likeness (QED) is 0.344. The standard InChI is InChI=1S/C32H39N3O5S/c1-24-12-10-11-17-30(24)35(41(38,39)29-15-8-5-9-16-29)23-31(36)34(22-26-18-20-28(40-3)21-19-26)25(2)32(37)33-27-13-6-4-7-14-27/h5,8-12,15-21,25,27H,4,6-7,13-14,22-23H2,1-3H3,(H,33,37)/t25-/m1/s1. The van der Waals surface area contributed by atoms with Gasteiger partial charge in [0.05, 0.1) is 17.7 Å². The van der Waals surface area contributed by atoms with Crippen LogP contribution in [0.1, 0.15) is 50.2 Å². The minimum Gasteiger partial charge on any atom is -0.497 e. The number of aryl methyl sites for hydroxylation is 1. The van der Waals surface area contributed by atoms with Crippen LogP contribution in [0.4, 0.5) is 5.69 Å². The maximum absolute atomic E-state index is 14.1. The van der Waals surface area contributed by atoms with Gasteiger partial charge in [0.1, 0.15) is 18.3 Å². The van der Waals surface area contributed by atoms with Crippen molar-refractivity contribution in [1.29, 1.82) is 0 Å². The number of hydrogen-bond acceptors (Lipinski definition) is 5. The van der Waals surface area contributed by atoms with Crippen LogP contribution in [0, 0.1) is 6.92 Å². The number of carbonyl (C=O) groups is 2. The van der Waals surface area contributed by atoms with E-state index in [0.29, 0.717) is 17.0 Å². The monoisotopic (exact) mass is 577 g/mol. The van der Waals surface area contributed by atoms with Crippen molar-refractivity contribution in [3.05, 3.63) is 90.0 Å². The zero-order valence-electron chi connectivity index (χ0n) is 24.0. The van der Waals surface area contributed by atoms with Crippen molar-refractivity contribution < 1.29 is 22.7 Å². The first-order chi connectivity index (χ1) is 19.7. The molecule has 9 heteroatoms. The molecule has 218 valence electrons. The van der Waals surface area contributed by atoms with Gasteiger partial charge in [-0.2, -0.15) is 0 Å². The Labute approximate surface area is 243 Å². The Hall–Kier alpha value is -3.85. The maximum Gasteiger partial charge on any atom is 0.264 e. The molecule has 41 heavy (non-hydrogen) atoms. The van der Waals surface area contributed by atoms with Gasteiger partial charge in [0.25, 0.3) is 10.0 Å². The topological polar surface area (TPSA) is 96.0 Å². The number of nitrogens with one attached hydrogen (secondary N) is 1. The molecule has 3 aromatic rings. The summed E-state index contributed by atoms with van der Waals surface area (Å²) in [6.07, 6.45) is 5.13. The van der Waals surface area contributed by atoms with Crippen LogP contribution in [0.5, 0.6) is 5.75 Å². The van der Waals surface area contributed by atoms with Crippen molar-refractivity contribution in [2.75, 3.05) is 18.0 Å². The lowest BCUT2D eigenvalue weighted by molar-refractivity contribution is -0.139. The number of nitrogens with zero attached hydrogens (tertiary/aromatic N) is 2. The van der Waals surface area contributed by atoms with E-state index < -0.39 is 28.5 Å². The second kappa shape index (κ2) is 13.7. The van der Waals surface area contributed by atoms with Crippen LogP contribution in [0.15, 0.2) is 83.8 Å². The fourth-order valence-electron chi connectivity index (χ4n) is 5.16. The molecule has 8 nitrogen and oxygen atoms in total. The van der Waals surface area contributed by atoms with E-state index in [1.165, 1.54) is 17.0 Å². The van der Waals surface area contributed by atoms with E-state index in [2.05, 4.69) is 5.32 Å². The van der Waals surface area contributed by atoms with Crippen LogP contribution < -0.4 is 14.4 Å². The first-order valence-corrected chi connectivity index (χ1v) is 15.5. The largest absolute Gasteiger partial charge is 0.497 e. The highest BCUT2D eigenvalue weighted by Crippen LogP contribution is 2.27. The van der Waals surface area contributed by atoms with Gasteiger partial charge in [0, 0.05) is 12.6 Å². The molecular formula is C32H39N3O5S. The number of hydrogen-bond donors (Lipinski definition) is 1. The van der Waals surface area contributed by atoms with Crippen LogP contribution >= 0.6 is 0 Å². The number of anilines is 1. The maximum atomic E-state index is 14.1. The van der Waals surface area contributed by atoms with Crippen molar-refractivity contribution in [3.8, 4) is 5.75 Å². The average Bonchev–Trinajstić information content (AvgIpc) is 3.00. The molecule has 0 heterocycles. The molecule has 0 aliphatic heterocycles. The molecule has 0 spiro atoms. The number of para-hydroxylation sites is 1. The molecule has 0 unspecified atom stereocenters. The first kappa shape index (κ1) is 30.1. The molecule has 0 aromatic heterocycles. The van der Waals surface area contributed by atoms with Crippen molar-refractivity contribution in [2.24, 2.45) is 0 Å². The molecule has 2 amide bonds. The fourth-order valence-corrected chi connectivity index (χ4v) is 6.65. The number of rotatable bonds is 11. The zero-order valence-corrected chi connectivity index (χ0v) is 24.8. The third-order valence-corrected chi connectivity index (χ3v) is 9.40. The predicted molar refractivity (Wildman–Crippen MR) is 160 cm³/mol. The lowest BCUT2D eigenvalue weighted by Gasteiger charge is -2.33. The first-order valence-electron chi connectivity index (χ1n) is 14.1. The van der Waals surface area contributed by atoms with Crippen LogP contribution in [0.2, 0.25) is 0 Å². The lowest BCUT2D eigenvalue weighted by atomic mass is 9.95. The van der Waals surface area contributed by atoms with Crippen LogP contribution in [0.25, 0.3) is 0 Å². The summed E-state index contributed by atoms with van der Waals surface area (Å²) >= 11 is 0. The Morgan fingerprint density at radius 3 is 2.20 bits per heavy atom. The number of methoxy groups -OCH3 is 1. The SMILES string of the molecule is COc1ccc(CN(C(=O)CN(c2ccccc2C)S(=O)(=O)c2ccccc2)[C@H](C)C(=O)NC2CCCCC2)cc1. The van der Waals surface area contributed by atoms with Gasteiger partial charge in [-0.1, -0.05) is 67.8 Å². The van der Waals surface area contributed by atoms with Crippen molar-refractivity contribution in [2.45, 2.75) is 69.5 Å². The highest BCUT2D eigenvalue weighted by Gasteiger charge is 2.33. The van der Waals surface area contributed by atoms with Crippen molar-refractivity contribution in [1.82, 2.24) is 10.2 Å². The number of sulfonamides is 1. The Bertz CT molecular complexity index is 1420. The summed E-state index contributed by atoms with van der Waals surface area (Å²) in [6, 6.07) is 21.7. The molecule has 0 radical (unpaired) electrons. The highest BCUT2D eigenvalue weighted by molar-refractivity contribution is 7.92. The summed E-state index contributed by atoms with van der Waals surface area (Å²) in [5.74, 6) is -0.0450. The minimum atomic E-state index is -4.09. The van der Waals surface area contributed by atoms with Gasteiger partial charge in [-0.3, -0.25) is 13.9 Å². The normalized spacial score (nSPS) is 14.6. The van der Waals surface area contributed by atoms with Gasteiger partial charge in [0.15, 0.2) is 0 Å². The molecule has 1 aliphatic rings.